The highest BCUT2D eigenvalue weighted by molar-refractivity contribution is 6.31. The van der Waals surface area contributed by atoms with E-state index in [2.05, 4.69) is 0 Å². The van der Waals surface area contributed by atoms with Crippen LogP contribution in [0.3, 0.4) is 0 Å². The molecule has 0 saturated carbocycles. The zero-order valence-electron chi connectivity index (χ0n) is 7.46. The average molecular weight is 198 g/mol. The molecule has 3 heteroatoms. The molecule has 1 unspecified atom stereocenters. The molecule has 1 aromatic rings. The Hall–Kier alpha value is -0.570. The van der Waals surface area contributed by atoms with Crippen molar-refractivity contribution in [3.05, 3.63) is 34.3 Å². The number of hydrogen-bond acceptors (Lipinski definition) is 2. The van der Waals surface area contributed by atoms with Gasteiger partial charge in [0.1, 0.15) is 0 Å². The second-order valence-corrected chi connectivity index (χ2v) is 3.76. The first kappa shape index (κ1) is 9.00. The van der Waals surface area contributed by atoms with Crippen LogP contribution in [0.4, 0.5) is 0 Å². The third-order valence-electron chi connectivity index (χ3n) is 2.48. The molecule has 1 aromatic carbocycles. The molecule has 0 bridgehead atoms. The van der Waals surface area contributed by atoms with Gasteiger partial charge in [-0.2, -0.15) is 0 Å². The van der Waals surface area contributed by atoms with Crippen LogP contribution in [0.15, 0.2) is 18.2 Å². The maximum Gasteiger partial charge on any atom is 0.0744 e. The van der Waals surface area contributed by atoms with Crippen LogP contribution >= 0.6 is 11.6 Å². The molecule has 13 heavy (non-hydrogen) atoms. The highest BCUT2D eigenvalue weighted by atomic mass is 35.5. The Morgan fingerprint density at radius 3 is 3.08 bits per heavy atom. The van der Waals surface area contributed by atoms with Gasteiger partial charge in [-0.1, -0.05) is 23.7 Å². The van der Waals surface area contributed by atoms with Gasteiger partial charge < -0.3 is 10.5 Å². The van der Waals surface area contributed by atoms with Gasteiger partial charge >= 0.3 is 0 Å². The molecule has 2 N–H and O–H groups in total. The molecule has 0 aromatic heterocycles. The van der Waals surface area contributed by atoms with Crippen LogP contribution in [0.2, 0.25) is 5.02 Å². The monoisotopic (exact) mass is 197 g/mol. The number of benzene rings is 1. The Kier molecular flexibility index (Phi) is 2.28. The van der Waals surface area contributed by atoms with Crippen LogP contribution in [0.1, 0.15) is 24.1 Å². The van der Waals surface area contributed by atoms with Gasteiger partial charge in [0.2, 0.25) is 0 Å². The highest BCUT2D eigenvalue weighted by Crippen LogP contribution is 2.32. The number of nitrogens with two attached hydrogens (primary N) is 1. The molecule has 0 radical (unpaired) electrons. The van der Waals surface area contributed by atoms with Crippen LogP contribution in [-0.4, -0.2) is 6.10 Å². The maximum absolute atomic E-state index is 6.07. The predicted octanol–water partition coefficient (Wildman–Crippen LogP) is 2.26. The molecule has 0 amide bonds. The Bertz CT molecular complexity index is 327. The molecule has 1 heterocycles. The summed E-state index contributed by atoms with van der Waals surface area (Å²) in [5.74, 6) is 0. The van der Waals surface area contributed by atoms with E-state index in [0.29, 0.717) is 6.61 Å². The normalized spacial score (nSPS) is 27.0. The largest absolute Gasteiger partial charge is 0.372 e. The number of rotatable bonds is 0. The summed E-state index contributed by atoms with van der Waals surface area (Å²) >= 11 is 6.07. The Labute approximate surface area is 82.6 Å². The van der Waals surface area contributed by atoms with Gasteiger partial charge in [-0.3, -0.25) is 0 Å². The van der Waals surface area contributed by atoms with Crippen molar-refractivity contribution < 1.29 is 4.74 Å². The third kappa shape index (κ3) is 1.46. The summed E-state index contributed by atoms with van der Waals surface area (Å²) in [6, 6.07) is 5.70. The standard InChI is InChI=1S/C10H12ClNO/c1-6-10(12)9-7(5-13-6)3-2-4-8(9)11/h2-4,6,10H,5,12H2,1H3/t6?,10-/m0/s1. The second kappa shape index (κ2) is 3.29. The number of hydrogen-bond donors (Lipinski definition) is 1. The molecule has 1 aliphatic heterocycles. The van der Waals surface area contributed by atoms with Crippen LogP contribution in [-0.2, 0) is 11.3 Å². The van der Waals surface area contributed by atoms with Crippen molar-refractivity contribution in [2.24, 2.45) is 5.73 Å². The van der Waals surface area contributed by atoms with Gasteiger partial charge in [0, 0.05) is 5.02 Å². The molecule has 0 spiro atoms. The van der Waals surface area contributed by atoms with Crippen LogP contribution in [0, 0.1) is 0 Å². The van der Waals surface area contributed by atoms with Crippen LogP contribution in [0.25, 0.3) is 0 Å². The Morgan fingerprint density at radius 1 is 1.54 bits per heavy atom. The molecule has 2 rings (SSSR count). The van der Waals surface area contributed by atoms with Gasteiger partial charge in [-0.05, 0) is 24.1 Å². The molecular formula is C10H12ClNO. The van der Waals surface area contributed by atoms with E-state index < -0.39 is 0 Å². The first-order valence-corrected chi connectivity index (χ1v) is 4.72. The number of fused-ring (bicyclic) bond motifs is 1. The molecular weight excluding hydrogens is 186 g/mol. The fraction of sp³-hybridized carbons (Fsp3) is 0.400. The van der Waals surface area contributed by atoms with Gasteiger partial charge in [0.15, 0.2) is 0 Å². The zero-order chi connectivity index (χ0) is 9.42. The van der Waals surface area contributed by atoms with Crippen molar-refractivity contribution in [3.63, 3.8) is 0 Å². The van der Waals surface area contributed by atoms with E-state index in [4.69, 9.17) is 22.1 Å². The van der Waals surface area contributed by atoms with Crippen LogP contribution in [0.5, 0.6) is 0 Å². The Morgan fingerprint density at radius 2 is 2.31 bits per heavy atom. The van der Waals surface area contributed by atoms with E-state index >= 15 is 0 Å². The summed E-state index contributed by atoms with van der Waals surface area (Å²) in [6.45, 7) is 2.59. The minimum absolute atomic E-state index is 0.0485. The third-order valence-corrected chi connectivity index (χ3v) is 2.81. The van der Waals surface area contributed by atoms with Crippen molar-refractivity contribution in [1.29, 1.82) is 0 Å². The smallest absolute Gasteiger partial charge is 0.0744 e. The number of ether oxygens (including phenoxy) is 1. The quantitative estimate of drug-likeness (QED) is 0.693. The lowest BCUT2D eigenvalue weighted by atomic mass is 9.95. The van der Waals surface area contributed by atoms with E-state index in [9.17, 15) is 0 Å². The lowest BCUT2D eigenvalue weighted by Gasteiger charge is -2.29. The SMILES string of the molecule is CC1OCc2cccc(Cl)c2[C@H]1N. The molecule has 2 atom stereocenters. The first-order valence-electron chi connectivity index (χ1n) is 4.34. The van der Waals surface area contributed by atoms with Gasteiger partial charge in [-0.25, -0.2) is 0 Å². The molecule has 0 saturated heterocycles. The summed E-state index contributed by atoms with van der Waals surface area (Å²) in [5, 5.41) is 0.750. The van der Waals surface area contributed by atoms with Crippen molar-refractivity contribution in [2.45, 2.75) is 25.7 Å². The van der Waals surface area contributed by atoms with Crippen LogP contribution < -0.4 is 5.73 Å². The van der Waals surface area contributed by atoms with E-state index in [1.807, 2.05) is 25.1 Å². The fourth-order valence-corrected chi connectivity index (χ4v) is 1.96. The minimum Gasteiger partial charge on any atom is -0.372 e. The lowest BCUT2D eigenvalue weighted by molar-refractivity contribution is 0.0214. The minimum atomic E-state index is -0.0996. The summed E-state index contributed by atoms with van der Waals surface area (Å²) in [6.07, 6.45) is 0.0485. The van der Waals surface area contributed by atoms with Gasteiger partial charge in [-0.15, -0.1) is 0 Å². The summed E-state index contributed by atoms with van der Waals surface area (Å²) < 4.78 is 5.49. The predicted molar refractivity (Wildman–Crippen MR) is 52.6 cm³/mol. The van der Waals surface area contributed by atoms with Crippen molar-refractivity contribution >= 4 is 11.6 Å². The summed E-state index contributed by atoms with van der Waals surface area (Å²) in [7, 11) is 0. The van der Waals surface area contributed by atoms with Gasteiger partial charge in [0.25, 0.3) is 0 Å². The van der Waals surface area contributed by atoms with Crippen molar-refractivity contribution in [3.8, 4) is 0 Å². The Balaban J connectivity index is 2.51. The molecule has 0 aliphatic carbocycles. The molecule has 2 nitrogen and oxygen atoms in total. The van der Waals surface area contributed by atoms with E-state index in [1.54, 1.807) is 0 Å². The first-order chi connectivity index (χ1) is 6.20. The highest BCUT2D eigenvalue weighted by Gasteiger charge is 2.25. The summed E-state index contributed by atoms with van der Waals surface area (Å²) in [5.41, 5.74) is 8.13. The van der Waals surface area contributed by atoms with E-state index in [1.165, 1.54) is 0 Å². The molecule has 1 aliphatic rings. The second-order valence-electron chi connectivity index (χ2n) is 3.35. The topological polar surface area (TPSA) is 35.2 Å². The lowest BCUT2D eigenvalue weighted by Crippen LogP contribution is -2.31. The van der Waals surface area contributed by atoms with E-state index in [-0.39, 0.29) is 12.1 Å². The van der Waals surface area contributed by atoms with E-state index in [0.717, 1.165) is 16.1 Å². The molecule has 70 valence electrons. The summed E-state index contributed by atoms with van der Waals surface area (Å²) in [4.78, 5) is 0. The number of halogens is 1. The van der Waals surface area contributed by atoms with Crippen molar-refractivity contribution in [1.82, 2.24) is 0 Å². The van der Waals surface area contributed by atoms with Gasteiger partial charge in [0.05, 0.1) is 18.8 Å². The zero-order valence-corrected chi connectivity index (χ0v) is 8.21. The van der Waals surface area contributed by atoms with Crippen molar-refractivity contribution in [2.75, 3.05) is 0 Å². The average Bonchev–Trinajstić information content (AvgIpc) is 2.12. The maximum atomic E-state index is 6.07. The fourth-order valence-electron chi connectivity index (χ4n) is 1.64. The molecule has 0 fully saturated rings.